The van der Waals surface area contributed by atoms with Gasteiger partial charge in [0, 0.05) is 15.8 Å². The zero-order valence-corrected chi connectivity index (χ0v) is 20.0. The Labute approximate surface area is 203 Å². The summed E-state index contributed by atoms with van der Waals surface area (Å²) in [5, 5.41) is 3.60. The van der Waals surface area contributed by atoms with Gasteiger partial charge in [-0.1, -0.05) is 49.4 Å². The highest BCUT2D eigenvalue weighted by Crippen LogP contribution is 2.31. The number of para-hydroxylation sites is 1. The first-order valence-corrected chi connectivity index (χ1v) is 12.0. The second-order valence-corrected chi connectivity index (χ2v) is 9.33. The molecule has 0 saturated heterocycles. The van der Waals surface area contributed by atoms with Gasteiger partial charge in [0.25, 0.3) is 5.56 Å². The number of hydrogen-bond acceptors (Lipinski definition) is 4. The smallest absolute Gasteiger partial charge is 0.324 e. The molecule has 0 unspecified atom stereocenters. The van der Waals surface area contributed by atoms with E-state index in [1.165, 1.54) is 34.1 Å². The number of rotatable bonds is 5. The molecule has 6 nitrogen and oxygen atoms in total. The molecule has 8 heteroatoms. The van der Waals surface area contributed by atoms with Crippen LogP contribution in [0.15, 0.2) is 76.3 Å². The van der Waals surface area contributed by atoms with E-state index in [1.807, 2.05) is 55.5 Å². The first-order chi connectivity index (χ1) is 16.9. The van der Waals surface area contributed by atoms with Crippen LogP contribution >= 0.6 is 11.3 Å². The number of fused-ring (bicyclic) bond motifs is 3. The molecule has 2 aromatic heterocycles. The number of thiophene rings is 1. The van der Waals surface area contributed by atoms with Gasteiger partial charge in [-0.15, -0.1) is 11.3 Å². The molecule has 0 atom stereocenters. The van der Waals surface area contributed by atoms with Crippen molar-refractivity contribution in [1.82, 2.24) is 9.13 Å². The molecule has 0 bridgehead atoms. The minimum atomic E-state index is -0.701. The van der Waals surface area contributed by atoms with Crippen LogP contribution in [0, 0.1) is 12.7 Å². The van der Waals surface area contributed by atoms with Crippen molar-refractivity contribution in [3.05, 3.63) is 105 Å². The van der Waals surface area contributed by atoms with E-state index in [4.69, 9.17) is 0 Å². The third kappa shape index (κ3) is 3.95. The van der Waals surface area contributed by atoms with Crippen LogP contribution in [0.5, 0.6) is 0 Å². The molecule has 1 N–H and O–H groups in total. The van der Waals surface area contributed by atoms with E-state index in [1.54, 1.807) is 6.92 Å². The molecule has 176 valence electrons. The summed E-state index contributed by atoms with van der Waals surface area (Å²) in [5.41, 5.74) is 1.33. The van der Waals surface area contributed by atoms with E-state index < -0.39 is 23.0 Å². The second kappa shape index (κ2) is 8.96. The highest BCUT2D eigenvalue weighted by Gasteiger charge is 2.21. The average Bonchev–Trinajstić information content (AvgIpc) is 3.24. The molecule has 0 aliphatic rings. The molecule has 0 spiro atoms. The van der Waals surface area contributed by atoms with Gasteiger partial charge >= 0.3 is 5.69 Å². The molecule has 5 aromatic rings. The number of aryl methyl sites for hydroxylation is 2. The Hall–Kier alpha value is -4.04. The van der Waals surface area contributed by atoms with Crippen molar-refractivity contribution >= 4 is 43.2 Å². The van der Waals surface area contributed by atoms with Crippen molar-refractivity contribution in [2.45, 2.75) is 26.8 Å². The summed E-state index contributed by atoms with van der Waals surface area (Å²) >= 11 is 1.25. The number of benzene rings is 3. The van der Waals surface area contributed by atoms with Crippen LogP contribution in [0.3, 0.4) is 0 Å². The molecule has 3 aromatic carbocycles. The van der Waals surface area contributed by atoms with E-state index in [9.17, 15) is 18.8 Å². The first-order valence-electron chi connectivity index (χ1n) is 11.2. The van der Waals surface area contributed by atoms with Crippen molar-refractivity contribution in [3.63, 3.8) is 0 Å². The summed E-state index contributed by atoms with van der Waals surface area (Å²) in [6.45, 7) is 3.30. The lowest BCUT2D eigenvalue weighted by atomic mass is 10.1. The molecule has 0 aliphatic heterocycles. The number of halogens is 1. The third-order valence-corrected chi connectivity index (χ3v) is 7.19. The van der Waals surface area contributed by atoms with Crippen LogP contribution in [-0.4, -0.2) is 15.0 Å². The predicted octanol–water partition coefficient (Wildman–Crippen LogP) is 5.02. The van der Waals surface area contributed by atoms with Crippen molar-refractivity contribution in [2.75, 3.05) is 5.32 Å². The van der Waals surface area contributed by atoms with Gasteiger partial charge in [0.05, 0.1) is 11.2 Å². The number of anilines is 1. The molecule has 0 aliphatic carbocycles. The minimum Gasteiger partial charge on any atom is -0.324 e. The monoisotopic (exact) mass is 487 g/mol. The van der Waals surface area contributed by atoms with E-state index in [-0.39, 0.29) is 12.2 Å². The fourth-order valence-electron chi connectivity index (χ4n) is 4.23. The number of nitrogens with one attached hydrogen (secondary N) is 1. The van der Waals surface area contributed by atoms with E-state index >= 15 is 0 Å². The minimum absolute atomic E-state index is 0.118. The number of nitrogens with zero attached hydrogens (tertiary/aromatic N) is 2. The summed E-state index contributed by atoms with van der Waals surface area (Å²) in [6.07, 6.45) is 0.736. The quantitative estimate of drug-likeness (QED) is 0.379. The molecule has 0 fully saturated rings. The molecule has 0 radical (unpaired) electrons. The fourth-order valence-corrected chi connectivity index (χ4v) is 5.37. The molecule has 5 rings (SSSR count). The lowest BCUT2D eigenvalue weighted by Gasteiger charge is -2.14. The molecule has 0 saturated carbocycles. The summed E-state index contributed by atoms with van der Waals surface area (Å²) in [4.78, 5) is 40.3. The summed E-state index contributed by atoms with van der Waals surface area (Å²) in [6, 6.07) is 19.0. The first kappa shape index (κ1) is 22.7. The van der Waals surface area contributed by atoms with E-state index in [0.29, 0.717) is 26.9 Å². The summed E-state index contributed by atoms with van der Waals surface area (Å²) in [7, 11) is 0. The van der Waals surface area contributed by atoms with Crippen LogP contribution in [0.1, 0.15) is 18.1 Å². The van der Waals surface area contributed by atoms with E-state index in [0.717, 1.165) is 21.3 Å². The van der Waals surface area contributed by atoms with Crippen LogP contribution in [0.25, 0.3) is 26.0 Å². The van der Waals surface area contributed by atoms with Crippen molar-refractivity contribution in [1.29, 1.82) is 0 Å². The Balaban J connectivity index is 1.72. The highest BCUT2D eigenvalue weighted by molar-refractivity contribution is 7.25. The van der Waals surface area contributed by atoms with Gasteiger partial charge in [0.15, 0.2) is 0 Å². The van der Waals surface area contributed by atoms with Crippen LogP contribution in [0.2, 0.25) is 0 Å². The van der Waals surface area contributed by atoms with Crippen LogP contribution in [0.4, 0.5) is 10.1 Å². The van der Waals surface area contributed by atoms with Gasteiger partial charge in [0.1, 0.15) is 17.1 Å². The van der Waals surface area contributed by atoms with Crippen molar-refractivity contribution in [2.24, 2.45) is 0 Å². The Morgan fingerprint density at radius 1 is 1.03 bits per heavy atom. The number of carbonyl (C=O) groups excluding carboxylic acids is 1. The Morgan fingerprint density at radius 3 is 2.54 bits per heavy atom. The van der Waals surface area contributed by atoms with Gasteiger partial charge in [-0.05, 0) is 48.7 Å². The van der Waals surface area contributed by atoms with Crippen LogP contribution < -0.4 is 16.6 Å². The van der Waals surface area contributed by atoms with Gasteiger partial charge in [-0.25, -0.2) is 13.8 Å². The fraction of sp³-hybridized carbons (Fsp3) is 0.148. The predicted molar refractivity (Wildman–Crippen MR) is 138 cm³/mol. The number of hydrogen-bond donors (Lipinski definition) is 1. The standard InChI is InChI=1S/C27H22FN3O3S/c1-3-17-8-4-6-10-21(17)29-23(32)15-30-24-19-9-5-7-11-22(19)35-25(24)26(33)31(27(30)34)18-13-12-16(2)20(28)14-18/h4-14H,3,15H2,1-2H3,(H,29,32). The average molecular weight is 488 g/mol. The number of aromatic nitrogens is 2. The lowest BCUT2D eigenvalue weighted by Crippen LogP contribution is -2.40. The molecular formula is C27H22FN3O3S. The molecule has 35 heavy (non-hydrogen) atoms. The van der Waals surface area contributed by atoms with Crippen molar-refractivity contribution in [3.8, 4) is 5.69 Å². The van der Waals surface area contributed by atoms with Crippen LogP contribution in [-0.2, 0) is 17.8 Å². The van der Waals surface area contributed by atoms with Gasteiger partial charge < -0.3 is 5.32 Å². The Bertz CT molecular complexity index is 1730. The normalized spacial score (nSPS) is 11.3. The van der Waals surface area contributed by atoms with Crippen molar-refractivity contribution < 1.29 is 9.18 Å². The van der Waals surface area contributed by atoms with Gasteiger partial charge in [-0.2, -0.15) is 0 Å². The van der Waals surface area contributed by atoms with Gasteiger partial charge in [0.2, 0.25) is 5.91 Å². The lowest BCUT2D eigenvalue weighted by molar-refractivity contribution is -0.116. The second-order valence-electron chi connectivity index (χ2n) is 8.28. The summed E-state index contributed by atoms with van der Waals surface area (Å²) < 4.78 is 17.7. The zero-order chi connectivity index (χ0) is 24.7. The third-order valence-electron chi connectivity index (χ3n) is 6.05. The zero-order valence-electron chi connectivity index (χ0n) is 19.2. The Kier molecular flexibility index (Phi) is 5.82. The summed E-state index contributed by atoms with van der Waals surface area (Å²) in [5.74, 6) is -0.921. The largest absolute Gasteiger partial charge is 0.336 e. The SMILES string of the molecule is CCc1ccccc1NC(=O)Cn1c(=O)n(-c2ccc(C)c(F)c2)c(=O)c2sc3ccccc3c21. The Morgan fingerprint density at radius 2 is 1.77 bits per heavy atom. The maximum absolute atomic E-state index is 14.3. The van der Waals surface area contributed by atoms with Gasteiger partial charge in [-0.3, -0.25) is 14.2 Å². The molecular weight excluding hydrogens is 465 g/mol. The topological polar surface area (TPSA) is 73.1 Å². The number of amides is 1. The number of carbonyl (C=O) groups is 1. The van der Waals surface area contributed by atoms with E-state index in [2.05, 4.69) is 5.32 Å². The maximum atomic E-state index is 14.3. The highest BCUT2D eigenvalue weighted by atomic mass is 32.1. The molecule has 2 heterocycles. The maximum Gasteiger partial charge on any atom is 0.336 e. The molecule has 1 amide bonds.